The van der Waals surface area contributed by atoms with E-state index >= 15 is 0 Å². The number of rotatable bonds is 1. The van der Waals surface area contributed by atoms with Gasteiger partial charge in [0.2, 0.25) is 5.89 Å². The first-order valence-electron chi connectivity index (χ1n) is 3.88. The van der Waals surface area contributed by atoms with Gasteiger partial charge in [-0.3, -0.25) is 0 Å². The van der Waals surface area contributed by atoms with Crippen LogP contribution in [0, 0.1) is 0 Å². The molecule has 1 fully saturated rings. The van der Waals surface area contributed by atoms with Gasteiger partial charge in [-0.05, 0) is 24.3 Å². The van der Waals surface area contributed by atoms with Gasteiger partial charge in [0, 0.05) is 5.75 Å². The number of nitrogen functional groups attached to an aromatic ring is 1. The average molecular weight is 185 g/mol. The largest absolute Gasteiger partial charge is 0.365 e. The molecule has 0 aromatic carbocycles. The first-order chi connectivity index (χ1) is 5.71. The lowest BCUT2D eigenvalue weighted by Crippen LogP contribution is -2.21. The maximum absolute atomic E-state index is 5.38. The smallest absolute Gasteiger partial charge is 0.260 e. The van der Waals surface area contributed by atoms with Crippen molar-refractivity contribution in [1.29, 1.82) is 0 Å². The fraction of sp³-hybridized carbons (Fsp3) is 0.714. The number of anilines is 1. The molecule has 1 saturated heterocycles. The fourth-order valence-electron chi connectivity index (χ4n) is 1.32. The van der Waals surface area contributed by atoms with E-state index in [0.29, 0.717) is 5.89 Å². The van der Waals surface area contributed by atoms with Crippen molar-refractivity contribution < 1.29 is 4.52 Å². The first kappa shape index (κ1) is 7.91. The molecule has 1 aliphatic rings. The molecule has 66 valence electrons. The molecule has 2 rings (SSSR count). The Balaban J connectivity index is 2.28. The van der Waals surface area contributed by atoms with Crippen LogP contribution in [0.4, 0.5) is 5.95 Å². The zero-order valence-electron chi connectivity index (χ0n) is 6.91. The number of thioether (sulfide) groups is 1. The highest BCUT2D eigenvalue weighted by Gasteiger charge is 2.36. The van der Waals surface area contributed by atoms with Crippen LogP contribution in [0.1, 0.15) is 19.2 Å². The van der Waals surface area contributed by atoms with Crippen LogP contribution in [-0.2, 0) is 5.41 Å². The number of nitrogens with two attached hydrogens (primary N) is 1. The molecule has 12 heavy (non-hydrogen) atoms. The number of hydrogen-bond acceptors (Lipinski definition) is 5. The van der Waals surface area contributed by atoms with Gasteiger partial charge in [-0.15, -0.1) is 0 Å². The van der Waals surface area contributed by atoms with Crippen molar-refractivity contribution in [3.05, 3.63) is 5.89 Å². The van der Waals surface area contributed by atoms with Crippen molar-refractivity contribution in [2.45, 2.75) is 18.8 Å². The fourth-order valence-corrected chi connectivity index (χ4v) is 2.77. The molecule has 1 unspecified atom stereocenters. The molecule has 0 bridgehead atoms. The minimum absolute atomic E-state index is 0.0509. The Bertz CT molecular complexity index is 280. The minimum atomic E-state index is 0.0509. The molecule has 0 spiro atoms. The quantitative estimate of drug-likeness (QED) is 0.708. The maximum atomic E-state index is 5.38. The van der Waals surface area contributed by atoms with Gasteiger partial charge >= 0.3 is 0 Å². The second kappa shape index (κ2) is 2.65. The monoisotopic (exact) mass is 185 g/mol. The summed E-state index contributed by atoms with van der Waals surface area (Å²) in [5, 5.41) is 3.59. The SMILES string of the molecule is CC1(c2nc(N)no2)CCSC1. The lowest BCUT2D eigenvalue weighted by molar-refractivity contribution is 0.311. The van der Waals surface area contributed by atoms with E-state index in [1.807, 2.05) is 11.8 Å². The van der Waals surface area contributed by atoms with E-state index in [4.69, 9.17) is 10.3 Å². The normalized spacial score (nSPS) is 29.4. The molecule has 0 radical (unpaired) electrons. The molecule has 0 amide bonds. The summed E-state index contributed by atoms with van der Waals surface area (Å²) in [7, 11) is 0. The van der Waals surface area contributed by atoms with Crippen LogP contribution in [0.25, 0.3) is 0 Å². The zero-order valence-corrected chi connectivity index (χ0v) is 7.73. The standard InChI is InChI=1S/C7H11N3OS/c1-7(2-3-12-4-7)5-9-6(8)10-11-5/h2-4H2,1H3,(H2,8,10). The van der Waals surface area contributed by atoms with Crippen molar-refractivity contribution >= 4 is 17.7 Å². The lowest BCUT2D eigenvalue weighted by atomic mass is 9.90. The molecule has 5 heteroatoms. The molecule has 1 aromatic rings. The molecule has 4 nitrogen and oxygen atoms in total. The summed E-state index contributed by atoms with van der Waals surface area (Å²) in [6.45, 7) is 2.14. The lowest BCUT2D eigenvalue weighted by Gasteiger charge is -2.15. The Labute approximate surface area is 74.9 Å². The molecule has 2 N–H and O–H groups in total. The summed E-state index contributed by atoms with van der Waals surface area (Å²) in [6, 6.07) is 0. The summed E-state index contributed by atoms with van der Waals surface area (Å²) >= 11 is 1.92. The second-order valence-corrected chi connectivity index (χ2v) is 4.43. The zero-order chi connectivity index (χ0) is 8.60. The predicted molar refractivity (Wildman–Crippen MR) is 48.0 cm³/mol. The highest BCUT2D eigenvalue weighted by atomic mass is 32.2. The number of nitrogens with zero attached hydrogens (tertiary/aromatic N) is 2. The summed E-state index contributed by atoms with van der Waals surface area (Å²) in [4.78, 5) is 4.05. The topological polar surface area (TPSA) is 64.9 Å². The molecule has 1 aromatic heterocycles. The van der Waals surface area contributed by atoms with Gasteiger partial charge in [0.15, 0.2) is 0 Å². The van der Waals surface area contributed by atoms with Gasteiger partial charge in [0.1, 0.15) is 0 Å². The van der Waals surface area contributed by atoms with Crippen LogP contribution in [0.3, 0.4) is 0 Å². The molecule has 1 aliphatic heterocycles. The van der Waals surface area contributed by atoms with Crippen molar-refractivity contribution in [2.75, 3.05) is 17.2 Å². The van der Waals surface area contributed by atoms with Crippen molar-refractivity contribution in [2.24, 2.45) is 0 Å². The summed E-state index contributed by atoms with van der Waals surface area (Å²) in [5.41, 5.74) is 5.43. The van der Waals surface area contributed by atoms with Gasteiger partial charge < -0.3 is 10.3 Å². The average Bonchev–Trinajstić information content (AvgIpc) is 2.59. The van der Waals surface area contributed by atoms with Crippen LogP contribution >= 0.6 is 11.8 Å². The second-order valence-electron chi connectivity index (χ2n) is 3.32. The van der Waals surface area contributed by atoms with Crippen LogP contribution in [-0.4, -0.2) is 21.6 Å². The van der Waals surface area contributed by atoms with E-state index in [1.54, 1.807) is 0 Å². The summed E-state index contributed by atoms with van der Waals surface area (Å²) in [6.07, 6.45) is 1.10. The minimum Gasteiger partial charge on any atom is -0.365 e. The van der Waals surface area contributed by atoms with Crippen LogP contribution in [0.15, 0.2) is 4.52 Å². The van der Waals surface area contributed by atoms with Crippen LogP contribution < -0.4 is 5.73 Å². The van der Waals surface area contributed by atoms with E-state index in [0.717, 1.165) is 12.2 Å². The Morgan fingerprint density at radius 3 is 3.00 bits per heavy atom. The molecule has 2 heterocycles. The summed E-state index contributed by atoms with van der Waals surface area (Å²) in [5.74, 6) is 3.14. The predicted octanol–water partition coefficient (Wildman–Crippen LogP) is 1.05. The van der Waals surface area contributed by atoms with E-state index < -0.39 is 0 Å². The Morgan fingerprint density at radius 1 is 1.67 bits per heavy atom. The Morgan fingerprint density at radius 2 is 2.50 bits per heavy atom. The van der Waals surface area contributed by atoms with Crippen LogP contribution in [0.5, 0.6) is 0 Å². The highest BCUT2D eigenvalue weighted by Crippen LogP contribution is 2.37. The third-order valence-electron chi connectivity index (χ3n) is 2.18. The molecule has 0 saturated carbocycles. The van der Waals surface area contributed by atoms with Gasteiger partial charge in [0.25, 0.3) is 5.95 Å². The number of hydrogen-bond donors (Lipinski definition) is 1. The van der Waals surface area contributed by atoms with Gasteiger partial charge in [-0.1, -0.05) is 0 Å². The molecular weight excluding hydrogens is 174 g/mol. The molecule has 1 atom stereocenters. The van der Waals surface area contributed by atoms with Crippen molar-refractivity contribution in [1.82, 2.24) is 10.1 Å². The summed E-state index contributed by atoms with van der Waals surface area (Å²) < 4.78 is 5.05. The van der Waals surface area contributed by atoms with Crippen molar-refractivity contribution in [3.8, 4) is 0 Å². The van der Waals surface area contributed by atoms with Crippen molar-refractivity contribution in [3.63, 3.8) is 0 Å². The third-order valence-corrected chi connectivity index (χ3v) is 3.51. The van der Waals surface area contributed by atoms with Crippen LogP contribution in [0.2, 0.25) is 0 Å². The Hall–Kier alpha value is -0.710. The highest BCUT2D eigenvalue weighted by molar-refractivity contribution is 7.99. The Kier molecular flexibility index (Phi) is 1.75. The maximum Gasteiger partial charge on any atom is 0.260 e. The van der Waals surface area contributed by atoms with E-state index in [9.17, 15) is 0 Å². The van der Waals surface area contributed by atoms with Gasteiger partial charge in [-0.25, -0.2) is 0 Å². The van der Waals surface area contributed by atoms with Gasteiger partial charge in [0.05, 0.1) is 5.41 Å². The molecular formula is C7H11N3OS. The molecule has 0 aliphatic carbocycles. The van der Waals surface area contributed by atoms with Gasteiger partial charge in [-0.2, -0.15) is 16.7 Å². The first-order valence-corrected chi connectivity index (χ1v) is 5.04. The third kappa shape index (κ3) is 1.18. The van der Waals surface area contributed by atoms with E-state index in [1.165, 1.54) is 5.75 Å². The van der Waals surface area contributed by atoms with E-state index in [-0.39, 0.29) is 11.4 Å². The number of aromatic nitrogens is 2. The van der Waals surface area contributed by atoms with E-state index in [2.05, 4.69) is 17.1 Å².